The number of rotatable bonds is 5. The molecule has 27 heavy (non-hydrogen) atoms. The molecule has 2 aromatic carbocycles. The maximum atomic E-state index is 12.5. The second kappa shape index (κ2) is 7.74. The van der Waals surface area contributed by atoms with Gasteiger partial charge in [0, 0.05) is 24.2 Å². The number of anilines is 1. The first-order chi connectivity index (χ1) is 12.9. The second-order valence-electron chi connectivity index (χ2n) is 6.91. The van der Waals surface area contributed by atoms with E-state index in [2.05, 4.69) is 0 Å². The van der Waals surface area contributed by atoms with Crippen LogP contribution >= 0.6 is 0 Å². The molecule has 0 aromatic heterocycles. The first-order valence-corrected chi connectivity index (χ1v) is 9.09. The maximum absolute atomic E-state index is 12.5. The Bertz CT molecular complexity index is 886. The van der Waals surface area contributed by atoms with E-state index in [1.165, 1.54) is 0 Å². The van der Waals surface area contributed by atoms with Crippen LogP contribution in [0.3, 0.4) is 0 Å². The molecular formula is C22H23NO4. The molecule has 0 spiro atoms. The predicted octanol–water partition coefficient (Wildman–Crippen LogP) is 3.86. The van der Waals surface area contributed by atoms with Crippen LogP contribution in [0.4, 0.5) is 5.69 Å². The van der Waals surface area contributed by atoms with Crippen molar-refractivity contribution in [3.8, 4) is 0 Å². The van der Waals surface area contributed by atoms with Crippen molar-refractivity contribution in [1.29, 1.82) is 0 Å². The van der Waals surface area contributed by atoms with Crippen molar-refractivity contribution in [3.05, 3.63) is 64.7 Å². The molecule has 0 bridgehead atoms. The molecule has 5 nitrogen and oxygen atoms in total. The summed E-state index contributed by atoms with van der Waals surface area (Å²) < 4.78 is 5.34. The highest BCUT2D eigenvalue weighted by Gasteiger charge is 2.23. The summed E-state index contributed by atoms with van der Waals surface area (Å²) in [5, 5.41) is 0. The third-order valence-corrected chi connectivity index (χ3v) is 4.93. The van der Waals surface area contributed by atoms with Gasteiger partial charge >= 0.3 is 5.97 Å². The molecule has 1 saturated heterocycles. The lowest BCUT2D eigenvalue weighted by Gasteiger charge is -2.16. The van der Waals surface area contributed by atoms with E-state index in [0.29, 0.717) is 24.1 Å². The average Bonchev–Trinajstić information content (AvgIpc) is 3.09. The van der Waals surface area contributed by atoms with Gasteiger partial charge in [0.15, 0.2) is 6.10 Å². The third kappa shape index (κ3) is 4.08. The SMILES string of the molecule is Cc1ccc(C(=O)[C@H](C)OC(=O)c2ccc(N3CCCC3=O)cc2)cc1C. The highest BCUT2D eigenvalue weighted by molar-refractivity contribution is 6.02. The van der Waals surface area contributed by atoms with Gasteiger partial charge in [-0.15, -0.1) is 0 Å². The maximum Gasteiger partial charge on any atom is 0.338 e. The lowest BCUT2D eigenvalue weighted by Crippen LogP contribution is -2.25. The Kier molecular flexibility index (Phi) is 5.40. The Labute approximate surface area is 158 Å². The summed E-state index contributed by atoms with van der Waals surface area (Å²) in [4.78, 5) is 38.4. The number of aryl methyl sites for hydroxylation is 2. The molecule has 1 atom stereocenters. The highest BCUT2D eigenvalue weighted by Crippen LogP contribution is 2.22. The van der Waals surface area contributed by atoms with Gasteiger partial charge in [-0.05, 0) is 68.7 Å². The summed E-state index contributed by atoms with van der Waals surface area (Å²) in [5.74, 6) is -0.692. The van der Waals surface area contributed by atoms with Gasteiger partial charge in [0.1, 0.15) is 0 Å². The van der Waals surface area contributed by atoms with Crippen LogP contribution in [0.25, 0.3) is 0 Å². The molecule has 0 radical (unpaired) electrons. The summed E-state index contributed by atoms with van der Waals surface area (Å²) in [7, 11) is 0. The molecular weight excluding hydrogens is 342 g/mol. The number of esters is 1. The molecule has 140 valence electrons. The van der Waals surface area contributed by atoms with E-state index in [0.717, 1.165) is 23.2 Å². The summed E-state index contributed by atoms with van der Waals surface area (Å²) >= 11 is 0. The van der Waals surface area contributed by atoms with Crippen LogP contribution in [0.15, 0.2) is 42.5 Å². The average molecular weight is 365 g/mol. The smallest absolute Gasteiger partial charge is 0.338 e. The Morgan fingerprint density at radius 3 is 2.26 bits per heavy atom. The molecule has 1 heterocycles. The molecule has 3 rings (SSSR count). The first kappa shape index (κ1) is 18.8. The number of carbonyl (C=O) groups is 3. The fraction of sp³-hybridized carbons (Fsp3) is 0.318. The predicted molar refractivity (Wildman–Crippen MR) is 103 cm³/mol. The second-order valence-corrected chi connectivity index (χ2v) is 6.91. The molecule has 0 aliphatic carbocycles. The van der Waals surface area contributed by atoms with E-state index in [4.69, 9.17) is 4.74 Å². The minimum atomic E-state index is -0.876. The van der Waals surface area contributed by atoms with E-state index in [-0.39, 0.29) is 11.7 Å². The first-order valence-electron chi connectivity index (χ1n) is 9.09. The van der Waals surface area contributed by atoms with E-state index in [1.54, 1.807) is 42.2 Å². The van der Waals surface area contributed by atoms with Crippen molar-refractivity contribution in [1.82, 2.24) is 0 Å². The van der Waals surface area contributed by atoms with Gasteiger partial charge in [0.25, 0.3) is 0 Å². The summed E-state index contributed by atoms with van der Waals surface area (Å²) in [6.45, 7) is 6.19. The van der Waals surface area contributed by atoms with Gasteiger partial charge in [0.2, 0.25) is 11.7 Å². The lowest BCUT2D eigenvalue weighted by molar-refractivity contribution is -0.117. The van der Waals surface area contributed by atoms with E-state index < -0.39 is 12.1 Å². The number of hydrogen-bond donors (Lipinski definition) is 0. The van der Waals surface area contributed by atoms with Crippen LogP contribution in [-0.2, 0) is 9.53 Å². The summed E-state index contributed by atoms with van der Waals surface area (Å²) in [5.41, 5.74) is 3.78. The zero-order chi connectivity index (χ0) is 19.6. The fourth-order valence-corrected chi connectivity index (χ4v) is 3.11. The summed E-state index contributed by atoms with van der Waals surface area (Å²) in [6, 6.07) is 12.1. The van der Waals surface area contributed by atoms with E-state index in [1.807, 2.05) is 26.0 Å². The molecule has 1 fully saturated rings. The minimum Gasteiger partial charge on any atom is -0.451 e. The standard InChI is InChI=1S/C22H23NO4/c1-14-6-7-18(13-15(14)2)21(25)16(3)27-22(26)17-8-10-19(11-9-17)23-12-4-5-20(23)24/h6-11,13,16H,4-5,12H2,1-3H3/t16-/m0/s1. The number of hydrogen-bond acceptors (Lipinski definition) is 4. The Hall–Kier alpha value is -2.95. The van der Waals surface area contributed by atoms with Crippen LogP contribution in [0.1, 0.15) is 51.6 Å². The number of ether oxygens (including phenoxy) is 1. The quantitative estimate of drug-likeness (QED) is 0.596. The zero-order valence-electron chi connectivity index (χ0n) is 15.8. The van der Waals surface area contributed by atoms with Gasteiger partial charge in [0.05, 0.1) is 5.56 Å². The molecule has 0 unspecified atom stereocenters. The molecule has 1 aliphatic heterocycles. The van der Waals surface area contributed by atoms with Crippen LogP contribution in [0.2, 0.25) is 0 Å². The molecule has 0 saturated carbocycles. The largest absolute Gasteiger partial charge is 0.451 e. The number of nitrogens with zero attached hydrogens (tertiary/aromatic N) is 1. The van der Waals surface area contributed by atoms with Crippen LogP contribution in [0, 0.1) is 13.8 Å². The van der Waals surface area contributed by atoms with Crippen molar-refractivity contribution in [3.63, 3.8) is 0 Å². The molecule has 5 heteroatoms. The number of amides is 1. The molecule has 1 amide bonds. The Morgan fingerprint density at radius 1 is 1.00 bits per heavy atom. The van der Waals surface area contributed by atoms with Gasteiger partial charge in [-0.1, -0.05) is 12.1 Å². The number of ketones is 1. The van der Waals surface area contributed by atoms with Gasteiger partial charge in [-0.25, -0.2) is 4.79 Å². The minimum absolute atomic E-state index is 0.0953. The summed E-state index contributed by atoms with van der Waals surface area (Å²) in [6.07, 6.45) is 0.530. The van der Waals surface area contributed by atoms with Gasteiger partial charge < -0.3 is 9.64 Å². The molecule has 2 aromatic rings. The Balaban J connectivity index is 1.66. The van der Waals surface area contributed by atoms with Crippen molar-refractivity contribution in [2.24, 2.45) is 0 Å². The van der Waals surface area contributed by atoms with Crippen LogP contribution < -0.4 is 4.90 Å². The monoisotopic (exact) mass is 365 g/mol. The third-order valence-electron chi connectivity index (χ3n) is 4.93. The number of Topliss-reactive ketones (excluding diaryl/α,β-unsaturated/α-hetero) is 1. The van der Waals surface area contributed by atoms with Gasteiger partial charge in [-0.2, -0.15) is 0 Å². The van der Waals surface area contributed by atoms with Crippen molar-refractivity contribution >= 4 is 23.3 Å². The van der Waals surface area contributed by atoms with Crippen molar-refractivity contribution in [2.75, 3.05) is 11.4 Å². The zero-order valence-corrected chi connectivity index (χ0v) is 15.8. The highest BCUT2D eigenvalue weighted by atomic mass is 16.5. The van der Waals surface area contributed by atoms with Crippen LogP contribution in [-0.4, -0.2) is 30.3 Å². The molecule has 0 N–H and O–H groups in total. The van der Waals surface area contributed by atoms with E-state index in [9.17, 15) is 14.4 Å². The topological polar surface area (TPSA) is 63.7 Å². The number of benzene rings is 2. The van der Waals surface area contributed by atoms with E-state index >= 15 is 0 Å². The van der Waals surface area contributed by atoms with Crippen molar-refractivity contribution < 1.29 is 19.1 Å². The van der Waals surface area contributed by atoms with Crippen LogP contribution in [0.5, 0.6) is 0 Å². The number of carbonyl (C=O) groups excluding carboxylic acids is 3. The fourth-order valence-electron chi connectivity index (χ4n) is 3.11. The molecule has 1 aliphatic rings. The lowest BCUT2D eigenvalue weighted by atomic mass is 10.0. The van der Waals surface area contributed by atoms with Crippen molar-refractivity contribution in [2.45, 2.75) is 39.7 Å². The van der Waals surface area contributed by atoms with Gasteiger partial charge in [-0.3, -0.25) is 9.59 Å². The Morgan fingerprint density at radius 2 is 1.67 bits per heavy atom. The normalized spacial score (nSPS) is 14.9.